The monoisotopic (exact) mass is 214 g/mol. The molecule has 0 spiro atoms. The number of esters is 1. The van der Waals surface area contributed by atoms with Gasteiger partial charge in [-0.15, -0.1) is 0 Å². The number of aliphatic hydroxyl groups excluding tert-OH is 1. The van der Waals surface area contributed by atoms with E-state index in [1.807, 2.05) is 0 Å². The van der Waals surface area contributed by atoms with Crippen molar-refractivity contribution >= 4 is 11.9 Å². The minimum Gasteiger partial charge on any atom is -0.512 e. The summed E-state index contributed by atoms with van der Waals surface area (Å²) in [4.78, 5) is 21.4. The van der Waals surface area contributed by atoms with Crippen LogP contribution in [0.1, 0.15) is 19.8 Å². The van der Waals surface area contributed by atoms with E-state index in [1.165, 1.54) is 0 Å². The number of aliphatic carboxylic acids is 1. The molecule has 0 saturated carbocycles. The van der Waals surface area contributed by atoms with Gasteiger partial charge in [-0.1, -0.05) is 13.5 Å². The molecule has 0 fully saturated rings. The fourth-order valence-corrected chi connectivity index (χ4v) is 0.858. The first-order chi connectivity index (χ1) is 7.02. The second kappa shape index (κ2) is 6.64. The van der Waals surface area contributed by atoms with E-state index in [9.17, 15) is 14.7 Å². The van der Waals surface area contributed by atoms with Crippen LogP contribution in [-0.4, -0.2) is 28.8 Å². The number of rotatable bonds is 6. The average molecular weight is 214 g/mol. The lowest BCUT2D eigenvalue weighted by Crippen LogP contribution is -2.13. The van der Waals surface area contributed by atoms with E-state index in [0.29, 0.717) is 6.42 Å². The van der Waals surface area contributed by atoms with Gasteiger partial charge in [-0.05, 0) is 6.42 Å². The Balaban J connectivity index is 4.54. The maximum atomic E-state index is 10.7. The summed E-state index contributed by atoms with van der Waals surface area (Å²) < 4.78 is 4.53. The molecule has 2 N–H and O–H groups in total. The van der Waals surface area contributed by atoms with Crippen LogP contribution in [0.5, 0.6) is 0 Å². The highest BCUT2D eigenvalue weighted by Crippen LogP contribution is 2.09. The molecule has 0 unspecified atom stereocenters. The maximum absolute atomic E-state index is 10.7. The van der Waals surface area contributed by atoms with Gasteiger partial charge in [-0.25, -0.2) is 9.59 Å². The van der Waals surface area contributed by atoms with Crippen LogP contribution >= 0.6 is 0 Å². The zero-order valence-electron chi connectivity index (χ0n) is 8.52. The molecule has 0 bridgehead atoms. The van der Waals surface area contributed by atoms with E-state index >= 15 is 0 Å². The third kappa shape index (κ3) is 4.85. The number of ether oxygens (including phenoxy) is 1. The summed E-state index contributed by atoms with van der Waals surface area (Å²) in [6.45, 7) is 4.51. The van der Waals surface area contributed by atoms with E-state index in [1.54, 1.807) is 6.92 Å². The molecule has 0 radical (unpaired) electrons. The van der Waals surface area contributed by atoms with Crippen LogP contribution in [0.3, 0.4) is 0 Å². The first-order valence-corrected chi connectivity index (χ1v) is 4.46. The topological polar surface area (TPSA) is 83.8 Å². The Morgan fingerprint density at radius 2 is 2.00 bits per heavy atom. The Kier molecular flexibility index (Phi) is 5.85. The van der Waals surface area contributed by atoms with Crippen LogP contribution in [0.2, 0.25) is 0 Å². The predicted molar refractivity (Wildman–Crippen MR) is 53.4 cm³/mol. The molecule has 15 heavy (non-hydrogen) atoms. The van der Waals surface area contributed by atoms with Gasteiger partial charge in [0, 0.05) is 12.5 Å². The lowest BCUT2D eigenvalue weighted by Gasteiger charge is -2.06. The van der Waals surface area contributed by atoms with Gasteiger partial charge in [0.15, 0.2) is 0 Å². The highest BCUT2D eigenvalue weighted by molar-refractivity contribution is 5.88. The summed E-state index contributed by atoms with van der Waals surface area (Å²) >= 11 is 0. The molecule has 0 aromatic rings. The van der Waals surface area contributed by atoms with Crippen molar-refractivity contribution in [1.29, 1.82) is 0 Å². The number of carboxylic acids is 1. The number of allylic oxidation sites excluding steroid dienone is 1. The Labute approximate surface area is 87.7 Å². The molecule has 0 rings (SSSR count). The molecule has 0 atom stereocenters. The molecule has 84 valence electrons. The lowest BCUT2D eigenvalue weighted by molar-refractivity contribution is -0.138. The number of carboxylic acid groups (broad SMARTS) is 1. The van der Waals surface area contributed by atoms with Crippen molar-refractivity contribution in [3.05, 3.63) is 24.0 Å². The lowest BCUT2D eigenvalue weighted by atomic mass is 10.2. The molecule has 0 heterocycles. The van der Waals surface area contributed by atoms with Gasteiger partial charge < -0.3 is 14.9 Å². The molecule has 0 aromatic heterocycles. The number of aliphatic hydroxyl groups is 1. The van der Waals surface area contributed by atoms with Crippen LogP contribution in [0.4, 0.5) is 0 Å². The predicted octanol–water partition coefficient (Wildman–Crippen LogP) is 1.41. The SMILES string of the molecule is C=CC(=O)OCC(C(=O)O)=C(O)CCC. The number of carbonyl (C=O) groups excluding carboxylic acids is 1. The van der Waals surface area contributed by atoms with Crippen molar-refractivity contribution < 1.29 is 24.5 Å². The van der Waals surface area contributed by atoms with E-state index in [-0.39, 0.29) is 17.8 Å². The number of hydrogen-bond donors (Lipinski definition) is 2. The summed E-state index contributed by atoms with van der Waals surface area (Å²) in [7, 11) is 0. The second-order valence-corrected chi connectivity index (χ2v) is 2.79. The highest BCUT2D eigenvalue weighted by atomic mass is 16.5. The highest BCUT2D eigenvalue weighted by Gasteiger charge is 2.15. The Hall–Kier alpha value is -1.78. The summed E-state index contributed by atoms with van der Waals surface area (Å²) in [5, 5.41) is 18.1. The summed E-state index contributed by atoms with van der Waals surface area (Å²) in [5.74, 6) is -2.28. The van der Waals surface area contributed by atoms with E-state index in [2.05, 4.69) is 11.3 Å². The molecule has 0 saturated heterocycles. The maximum Gasteiger partial charge on any atom is 0.338 e. The van der Waals surface area contributed by atoms with Crippen LogP contribution in [0.25, 0.3) is 0 Å². The Bertz CT molecular complexity index is 290. The smallest absolute Gasteiger partial charge is 0.338 e. The van der Waals surface area contributed by atoms with Gasteiger partial charge in [0.25, 0.3) is 0 Å². The molecule has 0 amide bonds. The van der Waals surface area contributed by atoms with Gasteiger partial charge in [-0.2, -0.15) is 0 Å². The van der Waals surface area contributed by atoms with Crippen molar-refractivity contribution in [3.8, 4) is 0 Å². The molecule has 5 nitrogen and oxygen atoms in total. The van der Waals surface area contributed by atoms with Crippen molar-refractivity contribution in [1.82, 2.24) is 0 Å². The largest absolute Gasteiger partial charge is 0.512 e. The zero-order valence-corrected chi connectivity index (χ0v) is 8.52. The van der Waals surface area contributed by atoms with Crippen molar-refractivity contribution in [2.45, 2.75) is 19.8 Å². The first-order valence-electron chi connectivity index (χ1n) is 4.46. The summed E-state index contributed by atoms with van der Waals surface area (Å²) in [6, 6.07) is 0. The minimum atomic E-state index is -1.29. The van der Waals surface area contributed by atoms with E-state index in [4.69, 9.17) is 5.11 Å². The Morgan fingerprint density at radius 1 is 1.40 bits per heavy atom. The molecule has 0 aliphatic carbocycles. The third-order valence-electron chi connectivity index (χ3n) is 1.62. The minimum absolute atomic E-state index is 0.243. The van der Waals surface area contributed by atoms with Crippen LogP contribution in [0, 0.1) is 0 Å². The van der Waals surface area contributed by atoms with Gasteiger partial charge in [0.1, 0.15) is 17.9 Å². The fraction of sp³-hybridized carbons (Fsp3) is 0.400. The molecule has 0 aliphatic heterocycles. The van der Waals surface area contributed by atoms with Crippen molar-refractivity contribution in [2.24, 2.45) is 0 Å². The van der Waals surface area contributed by atoms with Gasteiger partial charge >= 0.3 is 11.9 Å². The quantitative estimate of drug-likeness (QED) is 0.397. The van der Waals surface area contributed by atoms with Gasteiger partial charge in [0.05, 0.1) is 0 Å². The fourth-order valence-electron chi connectivity index (χ4n) is 0.858. The first kappa shape index (κ1) is 13.2. The molecular formula is C10H14O5. The standard InChI is InChI=1S/C10H14O5/c1-3-5-8(11)7(10(13)14)6-15-9(12)4-2/h4,11H,2-3,5-6H2,1H3,(H,13,14). The van der Waals surface area contributed by atoms with Crippen molar-refractivity contribution in [2.75, 3.05) is 6.61 Å². The number of carbonyl (C=O) groups is 2. The summed E-state index contributed by atoms with van der Waals surface area (Å²) in [5.41, 5.74) is -0.299. The third-order valence-corrected chi connectivity index (χ3v) is 1.62. The Morgan fingerprint density at radius 3 is 2.40 bits per heavy atom. The second-order valence-electron chi connectivity index (χ2n) is 2.79. The van der Waals surface area contributed by atoms with Gasteiger partial charge in [-0.3, -0.25) is 0 Å². The van der Waals surface area contributed by atoms with E-state index in [0.717, 1.165) is 6.08 Å². The van der Waals surface area contributed by atoms with Crippen LogP contribution in [0.15, 0.2) is 24.0 Å². The van der Waals surface area contributed by atoms with Gasteiger partial charge in [0.2, 0.25) is 0 Å². The number of hydrogen-bond acceptors (Lipinski definition) is 4. The average Bonchev–Trinajstić information content (AvgIpc) is 2.17. The van der Waals surface area contributed by atoms with Crippen LogP contribution < -0.4 is 0 Å². The molecule has 5 heteroatoms. The molecular weight excluding hydrogens is 200 g/mol. The normalized spacial score (nSPS) is 11.5. The zero-order chi connectivity index (χ0) is 11.8. The molecule has 0 aromatic carbocycles. The van der Waals surface area contributed by atoms with E-state index < -0.39 is 18.5 Å². The van der Waals surface area contributed by atoms with Crippen LogP contribution in [-0.2, 0) is 14.3 Å². The van der Waals surface area contributed by atoms with Crippen molar-refractivity contribution in [3.63, 3.8) is 0 Å². The molecule has 0 aliphatic rings. The summed E-state index contributed by atoms with van der Waals surface area (Å²) in [6.07, 6.45) is 1.78.